The van der Waals surface area contributed by atoms with Crippen molar-refractivity contribution in [1.29, 1.82) is 0 Å². The van der Waals surface area contributed by atoms with Crippen LogP contribution in [0.15, 0.2) is 47.8 Å². The molecule has 2 N–H and O–H groups in total. The second-order valence-electron chi connectivity index (χ2n) is 3.31. The fourth-order valence-corrected chi connectivity index (χ4v) is 2.16. The van der Waals surface area contributed by atoms with Crippen LogP contribution < -0.4 is 5.73 Å². The van der Waals surface area contributed by atoms with Crippen molar-refractivity contribution in [2.45, 2.75) is 0 Å². The maximum atomic E-state index is 11.4. The van der Waals surface area contributed by atoms with Crippen molar-refractivity contribution in [2.24, 2.45) is 5.73 Å². The van der Waals surface area contributed by atoms with Gasteiger partial charge >= 0.3 is 0 Å². The van der Waals surface area contributed by atoms with E-state index in [2.05, 4.69) is 0 Å². The van der Waals surface area contributed by atoms with Gasteiger partial charge in [-0.1, -0.05) is 36.4 Å². The van der Waals surface area contributed by atoms with Gasteiger partial charge in [-0.15, -0.1) is 11.3 Å². The van der Waals surface area contributed by atoms with Gasteiger partial charge < -0.3 is 5.73 Å². The topological polar surface area (TPSA) is 43.1 Å². The Morgan fingerprint density at radius 2 is 1.88 bits per heavy atom. The zero-order valence-corrected chi connectivity index (χ0v) is 9.41. The second kappa shape index (κ2) is 4.77. The third-order valence-corrected chi connectivity index (χ3v) is 3.07. The van der Waals surface area contributed by atoms with Crippen molar-refractivity contribution in [1.82, 2.24) is 0 Å². The van der Waals surface area contributed by atoms with E-state index in [9.17, 15) is 4.79 Å². The Labute approximate surface area is 98.0 Å². The lowest BCUT2D eigenvalue weighted by Gasteiger charge is -2.00. The van der Waals surface area contributed by atoms with Crippen molar-refractivity contribution in [3.63, 3.8) is 0 Å². The molecule has 2 nitrogen and oxygen atoms in total. The molecule has 0 saturated carbocycles. The van der Waals surface area contributed by atoms with Crippen molar-refractivity contribution >= 4 is 28.9 Å². The fourth-order valence-electron chi connectivity index (χ4n) is 1.41. The molecule has 16 heavy (non-hydrogen) atoms. The molecule has 1 amide bonds. The lowest BCUT2D eigenvalue weighted by Crippen LogP contribution is -2.11. The first-order valence-electron chi connectivity index (χ1n) is 4.88. The molecule has 80 valence electrons. The number of carbonyl (C=O) groups is 1. The summed E-state index contributed by atoms with van der Waals surface area (Å²) < 4.78 is 0. The molecule has 0 bridgehead atoms. The van der Waals surface area contributed by atoms with Crippen molar-refractivity contribution in [3.05, 3.63) is 58.3 Å². The molecule has 0 spiro atoms. The summed E-state index contributed by atoms with van der Waals surface area (Å²) in [6.45, 7) is 0. The lowest BCUT2D eigenvalue weighted by molar-refractivity contribution is -0.112. The summed E-state index contributed by atoms with van der Waals surface area (Å²) in [5, 5.41) is 1.93. The summed E-state index contributed by atoms with van der Waals surface area (Å²) in [6, 6.07) is 13.5. The van der Waals surface area contributed by atoms with Crippen molar-refractivity contribution in [2.75, 3.05) is 0 Å². The first-order chi connectivity index (χ1) is 7.77. The van der Waals surface area contributed by atoms with Crippen LogP contribution in [0.25, 0.3) is 11.6 Å². The molecule has 0 radical (unpaired) electrons. The van der Waals surface area contributed by atoms with Crippen molar-refractivity contribution < 1.29 is 4.79 Å². The Balaban J connectivity index is 2.42. The highest BCUT2D eigenvalue weighted by Crippen LogP contribution is 2.22. The number of primary amides is 1. The number of thiophene rings is 1. The van der Waals surface area contributed by atoms with E-state index in [1.54, 1.807) is 0 Å². The Bertz CT molecular complexity index is 500. The number of carbonyl (C=O) groups excluding carboxylic acids is 1. The fraction of sp³-hybridized carbons (Fsp3) is 0. The highest BCUT2D eigenvalue weighted by atomic mass is 32.1. The molecule has 1 aromatic heterocycles. The quantitative estimate of drug-likeness (QED) is 0.808. The number of hydrogen-bond donors (Lipinski definition) is 1. The Hall–Kier alpha value is -1.87. The average Bonchev–Trinajstić information content (AvgIpc) is 2.80. The Kier molecular flexibility index (Phi) is 3.17. The zero-order chi connectivity index (χ0) is 11.4. The second-order valence-corrected chi connectivity index (χ2v) is 4.26. The van der Waals surface area contributed by atoms with Gasteiger partial charge in [0.15, 0.2) is 0 Å². The molecule has 0 fully saturated rings. The third-order valence-electron chi connectivity index (χ3n) is 2.16. The maximum Gasteiger partial charge on any atom is 0.250 e. The van der Waals surface area contributed by atoms with E-state index in [0.29, 0.717) is 5.57 Å². The summed E-state index contributed by atoms with van der Waals surface area (Å²) >= 11 is 1.51. The van der Waals surface area contributed by atoms with Gasteiger partial charge in [0.1, 0.15) is 0 Å². The summed E-state index contributed by atoms with van der Waals surface area (Å²) in [4.78, 5) is 12.3. The molecule has 2 aromatic rings. The van der Waals surface area contributed by atoms with Crippen LogP contribution in [0, 0.1) is 0 Å². The van der Waals surface area contributed by atoms with Crippen LogP contribution in [0.1, 0.15) is 10.4 Å². The third kappa shape index (κ3) is 2.38. The predicted molar refractivity (Wildman–Crippen MR) is 67.8 cm³/mol. The Morgan fingerprint density at radius 1 is 1.12 bits per heavy atom. The minimum atomic E-state index is -0.397. The molecule has 1 heterocycles. The zero-order valence-electron chi connectivity index (χ0n) is 8.59. The molecule has 0 aliphatic rings. The molecule has 2 rings (SSSR count). The minimum Gasteiger partial charge on any atom is -0.366 e. The van der Waals surface area contributed by atoms with Gasteiger partial charge in [0.05, 0.1) is 5.57 Å². The van der Waals surface area contributed by atoms with E-state index in [-0.39, 0.29) is 0 Å². The minimum absolute atomic E-state index is 0.397. The van der Waals surface area contributed by atoms with Gasteiger partial charge in [0.25, 0.3) is 0 Å². The van der Waals surface area contributed by atoms with E-state index in [1.807, 2.05) is 53.9 Å². The SMILES string of the molecule is NC(=O)/C(=C/c1ccccc1)c1cccs1. The summed E-state index contributed by atoms with van der Waals surface area (Å²) in [5.74, 6) is -0.397. The first-order valence-corrected chi connectivity index (χ1v) is 5.76. The smallest absolute Gasteiger partial charge is 0.250 e. The van der Waals surface area contributed by atoms with E-state index in [1.165, 1.54) is 11.3 Å². The Morgan fingerprint density at radius 3 is 2.44 bits per heavy atom. The molecule has 1 aromatic carbocycles. The van der Waals surface area contributed by atoms with Crippen LogP contribution in [0.2, 0.25) is 0 Å². The molecular formula is C13H11NOS. The van der Waals surface area contributed by atoms with Crippen LogP contribution in [0.3, 0.4) is 0 Å². The van der Waals surface area contributed by atoms with Gasteiger partial charge in [-0.05, 0) is 23.1 Å². The normalized spacial score (nSPS) is 11.4. The van der Waals surface area contributed by atoms with Crippen LogP contribution in [-0.4, -0.2) is 5.91 Å². The van der Waals surface area contributed by atoms with Gasteiger partial charge in [-0.2, -0.15) is 0 Å². The molecule has 3 heteroatoms. The number of nitrogens with two attached hydrogens (primary N) is 1. The molecule has 0 atom stereocenters. The van der Waals surface area contributed by atoms with E-state index in [4.69, 9.17) is 5.73 Å². The standard InChI is InChI=1S/C13H11NOS/c14-13(15)11(12-7-4-8-16-12)9-10-5-2-1-3-6-10/h1-9H,(H2,14,15)/b11-9+. The maximum absolute atomic E-state index is 11.4. The largest absolute Gasteiger partial charge is 0.366 e. The number of amides is 1. The van der Waals surface area contributed by atoms with Gasteiger partial charge in [-0.25, -0.2) is 0 Å². The van der Waals surface area contributed by atoms with Crippen LogP contribution in [-0.2, 0) is 4.79 Å². The monoisotopic (exact) mass is 229 g/mol. The van der Waals surface area contributed by atoms with Crippen molar-refractivity contribution in [3.8, 4) is 0 Å². The van der Waals surface area contributed by atoms with Crippen LogP contribution >= 0.6 is 11.3 Å². The molecule has 0 aliphatic heterocycles. The van der Waals surface area contributed by atoms with Gasteiger partial charge in [0.2, 0.25) is 5.91 Å². The number of hydrogen-bond acceptors (Lipinski definition) is 2. The highest BCUT2D eigenvalue weighted by molar-refractivity contribution is 7.11. The summed E-state index contributed by atoms with van der Waals surface area (Å²) in [6.07, 6.45) is 1.81. The van der Waals surface area contributed by atoms with Crippen LogP contribution in [0.5, 0.6) is 0 Å². The van der Waals surface area contributed by atoms with E-state index >= 15 is 0 Å². The van der Waals surface area contributed by atoms with E-state index < -0.39 is 5.91 Å². The average molecular weight is 229 g/mol. The van der Waals surface area contributed by atoms with Gasteiger partial charge in [-0.3, -0.25) is 4.79 Å². The molecule has 0 unspecified atom stereocenters. The lowest BCUT2D eigenvalue weighted by atomic mass is 10.1. The highest BCUT2D eigenvalue weighted by Gasteiger charge is 2.08. The molecule has 0 saturated heterocycles. The first kappa shape index (κ1) is 10.6. The number of benzene rings is 1. The predicted octanol–water partition coefficient (Wildman–Crippen LogP) is 2.77. The summed E-state index contributed by atoms with van der Waals surface area (Å²) in [7, 11) is 0. The number of rotatable bonds is 3. The van der Waals surface area contributed by atoms with Crippen LogP contribution in [0.4, 0.5) is 0 Å². The van der Waals surface area contributed by atoms with E-state index in [0.717, 1.165) is 10.4 Å². The summed E-state index contributed by atoms with van der Waals surface area (Å²) in [5.41, 5.74) is 6.91. The van der Waals surface area contributed by atoms with Gasteiger partial charge in [0, 0.05) is 4.88 Å². The molecule has 0 aliphatic carbocycles. The molecular weight excluding hydrogens is 218 g/mol.